The zero-order valence-corrected chi connectivity index (χ0v) is 11.1. The van der Waals surface area contributed by atoms with Crippen molar-refractivity contribution in [2.75, 3.05) is 0 Å². The van der Waals surface area contributed by atoms with Gasteiger partial charge < -0.3 is 4.74 Å². The van der Waals surface area contributed by atoms with Gasteiger partial charge in [-0.2, -0.15) is 0 Å². The summed E-state index contributed by atoms with van der Waals surface area (Å²) >= 11 is 0. The number of carbonyl (C=O) groups is 1. The van der Waals surface area contributed by atoms with Crippen LogP contribution in [0.15, 0.2) is 30.3 Å². The van der Waals surface area contributed by atoms with Gasteiger partial charge in [-0.1, -0.05) is 0 Å². The van der Waals surface area contributed by atoms with Crippen molar-refractivity contribution in [3.05, 3.63) is 64.5 Å². The van der Waals surface area contributed by atoms with Gasteiger partial charge in [0, 0.05) is 24.1 Å². The van der Waals surface area contributed by atoms with Crippen molar-refractivity contribution in [2.24, 2.45) is 0 Å². The fourth-order valence-electron chi connectivity index (χ4n) is 2.47. The predicted octanol–water partition coefficient (Wildman–Crippen LogP) is 3.66. The largest absolute Gasteiger partial charge is 0.490 e. The van der Waals surface area contributed by atoms with E-state index in [1.165, 1.54) is 6.07 Å². The van der Waals surface area contributed by atoms with Gasteiger partial charge in [0.15, 0.2) is 5.78 Å². The number of ether oxygens (including phenoxy) is 1. The summed E-state index contributed by atoms with van der Waals surface area (Å²) in [5.74, 6) is -3.62. The van der Waals surface area contributed by atoms with Crippen molar-refractivity contribution in [3.63, 3.8) is 0 Å². The average Bonchev–Trinajstić information content (AvgIpc) is 2.76. The molecule has 21 heavy (non-hydrogen) atoms. The fourth-order valence-corrected chi connectivity index (χ4v) is 2.47. The second-order valence-electron chi connectivity index (χ2n) is 5.03. The molecule has 0 bridgehead atoms. The highest BCUT2D eigenvalue weighted by Gasteiger charge is 2.24. The average molecular weight is 292 g/mol. The minimum Gasteiger partial charge on any atom is -0.490 e. The van der Waals surface area contributed by atoms with Crippen LogP contribution in [0.4, 0.5) is 13.2 Å². The van der Waals surface area contributed by atoms with E-state index >= 15 is 0 Å². The molecule has 108 valence electrons. The summed E-state index contributed by atoms with van der Waals surface area (Å²) in [7, 11) is 0. The molecule has 0 saturated carbocycles. The van der Waals surface area contributed by atoms with Crippen molar-refractivity contribution in [1.82, 2.24) is 0 Å². The third kappa shape index (κ3) is 2.39. The highest BCUT2D eigenvalue weighted by atomic mass is 19.1. The van der Waals surface area contributed by atoms with E-state index in [9.17, 15) is 18.0 Å². The van der Waals surface area contributed by atoms with Crippen LogP contribution >= 0.6 is 0 Å². The summed E-state index contributed by atoms with van der Waals surface area (Å²) in [5.41, 5.74) is 0.218. The summed E-state index contributed by atoms with van der Waals surface area (Å²) in [4.78, 5) is 12.2. The van der Waals surface area contributed by atoms with E-state index in [0.717, 1.165) is 5.56 Å². The number of benzene rings is 2. The minimum absolute atomic E-state index is 0.00430. The highest BCUT2D eigenvalue weighted by molar-refractivity contribution is 6.09. The van der Waals surface area contributed by atoms with Crippen molar-refractivity contribution < 1.29 is 22.7 Å². The Bertz CT molecular complexity index is 717. The molecule has 2 aromatic carbocycles. The molecule has 0 fully saturated rings. The first-order valence-corrected chi connectivity index (χ1v) is 6.44. The van der Waals surface area contributed by atoms with Gasteiger partial charge in [0.2, 0.25) is 0 Å². The Hall–Kier alpha value is -2.30. The molecule has 0 aromatic heterocycles. The van der Waals surface area contributed by atoms with Gasteiger partial charge in [-0.05, 0) is 30.7 Å². The first-order chi connectivity index (χ1) is 9.95. The Kier molecular flexibility index (Phi) is 3.20. The molecule has 0 N–H and O–H groups in total. The van der Waals surface area contributed by atoms with E-state index < -0.39 is 28.8 Å². The molecule has 1 aliphatic heterocycles. The summed E-state index contributed by atoms with van der Waals surface area (Å²) in [5, 5.41) is 0. The summed E-state index contributed by atoms with van der Waals surface area (Å²) in [6, 6.07) is 5.60. The van der Waals surface area contributed by atoms with Crippen LogP contribution in [0.5, 0.6) is 5.75 Å². The topological polar surface area (TPSA) is 26.3 Å². The molecular weight excluding hydrogens is 281 g/mol. The van der Waals surface area contributed by atoms with Crippen LogP contribution in [0.3, 0.4) is 0 Å². The van der Waals surface area contributed by atoms with Gasteiger partial charge in [-0.15, -0.1) is 0 Å². The number of ketones is 1. The second kappa shape index (κ2) is 4.91. The molecule has 0 saturated heterocycles. The van der Waals surface area contributed by atoms with Gasteiger partial charge in [0.05, 0.1) is 5.56 Å². The van der Waals surface area contributed by atoms with E-state index in [-0.39, 0.29) is 11.7 Å². The van der Waals surface area contributed by atoms with E-state index in [1.54, 1.807) is 12.1 Å². The first kappa shape index (κ1) is 13.7. The molecular formula is C16H11F3O2. The van der Waals surface area contributed by atoms with Crippen molar-refractivity contribution in [3.8, 4) is 5.75 Å². The third-order valence-corrected chi connectivity index (χ3v) is 3.39. The molecule has 0 radical (unpaired) electrons. The molecule has 2 nitrogen and oxygen atoms in total. The molecule has 1 atom stereocenters. The Morgan fingerprint density at radius 1 is 1.14 bits per heavy atom. The smallest absolute Gasteiger partial charge is 0.198 e. The van der Waals surface area contributed by atoms with Crippen LogP contribution in [-0.4, -0.2) is 11.9 Å². The fraction of sp³-hybridized carbons (Fsp3) is 0.188. The quantitative estimate of drug-likeness (QED) is 0.790. The monoisotopic (exact) mass is 292 g/mol. The zero-order valence-electron chi connectivity index (χ0n) is 11.1. The summed E-state index contributed by atoms with van der Waals surface area (Å²) in [6.45, 7) is 1.89. The molecule has 5 heteroatoms. The van der Waals surface area contributed by atoms with Crippen LogP contribution in [-0.2, 0) is 6.42 Å². The summed E-state index contributed by atoms with van der Waals surface area (Å²) in [6.07, 6.45) is 0.634. The SMILES string of the molecule is CC1Cc2cc(C(=O)c3c(F)cc(F)cc3F)ccc2O1. The number of carbonyl (C=O) groups excluding carboxylic acids is 1. The Balaban J connectivity index is 2.02. The van der Waals surface area contributed by atoms with Crippen molar-refractivity contribution >= 4 is 5.78 Å². The Labute approximate surface area is 119 Å². The maximum Gasteiger partial charge on any atom is 0.198 e. The number of hydrogen-bond donors (Lipinski definition) is 0. The minimum atomic E-state index is -1.21. The molecule has 1 unspecified atom stereocenters. The normalized spacial score (nSPS) is 16.5. The maximum absolute atomic E-state index is 13.7. The van der Waals surface area contributed by atoms with Gasteiger partial charge in [0.25, 0.3) is 0 Å². The molecule has 1 heterocycles. The van der Waals surface area contributed by atoms with E-state index in [1.807, 2.05) is 6.92 Å². The van der Waals surface area contributed by atoms with E-state index in [2.05, 4.69) is 0 Å². The van der Waals surface area contributed by atoms with Gasteiger partial charge in [-0.3, -0.25) is 4.79 Å². The van der Waals surface area contributed by atoms with E-state index in [0.29, 0.717) is 24.3 Å². The second-order valence-corrected chi connectivity index (χ2v) is 5.03. The molecule has 1 aliphatic rings. The molecule has 3 rings (SSSR count). The Morgan fingerprint density at radius 3 is 2.48 bits per heavy atom. The predicted molar refractivity (Wildman–Crippen MR) is 70.0 cm³/mol. The number of halogens is 3. The van der Waals surface area contributed by atoms with E-state index in [4.69, 9.17) is 4.74 Å². The maximum atomic E-state index is 13.7. The lowest BCUT2D eigenvalue weighted by molar-refractivity contribution is 0.103. The lowest BCUT2D eigenvalue weighted by Crippen LogP contribution is -2.08. The molecule has 0 spiro atoms. The number of hydrogen-bond acceptors (Lipinski definition) is 2. The number of rotatable bonds is 2. The standard InChI is InChI=1S/C16H11F3O2/c1-8-4-10-5-9(2-3-14(10)21-8)16(20)15-12(18)6-11(17)7-13(15)19/h2-3,5-8H,4H2,1H3. The van der Waals surface area contributed by atoms with Gasteiger partial charge in [0.1, 0.15) is 29.3 Å². The first-order valence-electron chi connectivity index (χ1n) is 6.44. The molecule has 2 aromatic rings. The Morgan fingerprint density at radius 2 is 1.81 bits per heavy atom. The lowest BCUT2D eigenvalue weighted by atomic mass is 9.99. The van der Waals surface area contributed by atoms with Crippen LogP contribution in [0, 0.1) is 17.5 Å². The van der Waals surface area contributed by atoms with Crippen LogP contribution in [0.2, 0.25) is 0 Å². The zero-order chi connectivity index (χ0) is 15.1. The summed E-state index contributed by atoms with van der Waals surface area (Å²) < 4.78 is 45.7. The molecule has 0 aliphatic carbocycles. The third-order valence-electron chi connectivity index (χ3n) is 3.39. The van der Waals surface area contributed by atoms with Crippen LogP contribution in [0.1, 0.15) is 28.4 Å². The van der Waals surface area contributed by atoms with Crippen LogP contribution < -0.4 is 4.74 Å². The van der Waals surface area contributed by atoms with Crippen molar-refractivity contribution in [1.29, 1.82) is 0 Å². The molecule has 0 amide bonds. The highest BCUT2D eigenvalue weighted by Crippen LogP contribution is 2.30. The number of fused-ring (bicyclic) bond motifs is 1. The lowest BCUT2D eigenvalue weighted by Gasteiger charge is -2.06. The van der Waals surface area contributed by atoms with Gasteiger partial charge >= 0.3 is 0 Å². The van der Waals surface area contributed by atoms with Crippen LogP contribution in [0.25, 0.3) is 0 Å². The van der Waals surface area contributed by atoms with Gasteiger partial charge in [-0.25, -0.2) is 13.2 Å². The van der Waals surface area contributed by atoms with Crippen molar-refractivity contribution in [2.45, 2.75) is 19.4 Å².